The molecule has 0 bridgehead atoms. The molecular weight excluding hydrogens is 323 g/mol. The van der Waals surface area contributed by atoms with Gasteiger partial charge in [-0.15, -0.1) is 5.10 Å². The predicted molar refractivity (Wildman–Crippen MR) is 79.0 cm³/mol. The molecule has 0 aliphatic rings. The van der Waals surface area contributed by atoms with Crippen LogP contribution in [-0.4, -0.2) is 27.4 Å². The van der Waals surface area contributed by atoms with Crippen molar-refractivity contribution in [2.24, 2.45) is 0 Å². The van der Waals surface area contributed by atoms with E-state index in [4.69, 9.17) is 10.00 Å². The summed E-state index contributed by atoms with van der Waals surface area (Å²) >= 11 is 0. The summed E-state index contributed by atoms with van der Waals surface area (Å²) < 4.78 is 42.8. The molecule has 0 saturated carbocycles. The molecule has 0 aliphatic carbocycles. The standard InChI is InChI=1S/C15H10F3N5O/c16-15(17,18)9-24-13-3-1-2-12-21-14(22-23(12)13)20-11-6-4-10(8-19)5-7-11/h1-7H,9H2,(H,20,22). The first-order chi connectivity index (χ1) is 11.4. The van der Waals surface area contributed by atoms with Crippen molar-refractivity contribution in [2.75, 3.05) is 11.9 Å². The molecule has 6 nitrogen and oxygen atoms in total. The van der Waals surface area contributed by atoms with Gasteiger partial charge in [-0.25, -0.2) is 0 Å². The van der Waals surface area contributed by atoms with Crippen LogP contribution in [0.2, 0.25) is 0 Å². The van der Waals surface area contributed by atoms with Crippen LogP contribution in [0.3, 0.4) is 0 Å². The number of nitriles is 1. The maximum absolute atomic E-state index is 12.3. The molecule has 1 aromatic carbocycles. The van der Waals surface area contributed by atoms with Crippen molar-refractivity contribution in [3.05, 3.63) is 48.0 Å². The Balaban J connectivity index is 1.84. The smallest absolute Gasteiger partial charge is 0.422 e. The number of alkyl halides is 3. The van der Waals surface area contributed by atoms with Gasteiger partial charge in [0.25, 0.3) is 0 Å². The van der Waals surface area contributed by atoms with E-state index in [1.54, 1.807) is 30.3 Å². The van der Waals surface area contributed by atoms with Crippen LogP contribution < -0.4 is 10.1 Å². The Kier molecular flexibility index (Phi) is 3.95. The minimum absolute atomic E-state index is 0.0646. The first-order valence-corrected chi connectivity index (χ1v) is 6.77. The molecular formula is C15H10F3N5O. The van der Waals surface area contributed by atoms with Crippen LogP contribution in [0, 0.1) is 11.3 Å². The van der Waals surface area contributed by atoms with Crippen molar-refractivity contribution in [3.8, 4) is 11.9 Å². The Bertz CT molecular complexity index is 896. The fourth-order valence-corrected chi connectivity index (χ4v) is 1.96. The summed E-state index contributed by atoms with van der Waals surface area (Å²) in [5.41, 5.74) is 1.49. The highest BCUT2D eigenvalue weighted by Gasteiger charge is 2.29. The molecule has 0 amide bonds. The second-order valence-electron chi connectivity index (χ2n) is 4.79. The van der Waals surface area contributed by atoms with Crippen LogP contribution in [0.5, 0.6) is 5.88 Å². The highest BCUT2D eigenvalue weighted by atomic mass is 19.4. The number of ether oxygens (including phenoxy) is 1. The SMILES string of the molecule is N#Cc1ccc(Nc2nc3cccc(OCC(F)(F)F)n3n2)cc1. The molecule has 0 radical (unpaired) electrons. The topological polar surface area (TPSA) is 75.2 Å². The van der Waals surface area contributed by atoms with E-state index in [1.165, 1.54) is 16.6 Å². The number of fused-ring (bicyclic) bond motifs is 1. The second-order valence-corrected chi connectivity index (χ2v) is 4.79. The zero-order valence-electron chi connectivity index (χ0n) is 12.1. The van der Waals surface area contributed by atoms with Crippen LogP contribution in [-0.2, 0) is 0 Å². The van der Waals surface area contributed by atoms with Crippen molar-refractivity contribution in [1.29, 1.82) is 5.26 Å². The number of pyridine rings is 1. The van der Waals surface area contributed by atoms with E-state index in [2.05, 4.69) is 15.4 Å². The number of anilines is 2. The molecule has 9 heteroatoms. The van der Waals surface area contributed by atoms with Gasteiger partial charge in [0.2, 0.25) is 11.8 Å². The molecule has 122 valence electrons. The van der Waals surface area contributed by atoms with Gasteiger partial charge in [-0.2, -0.15) is 27.9 Å². The zero-order chi connectivity index (χ0) is 17.2. The van der Waals surface area contributed by atoms with E-state index in [-0.39, 0.29) is 11.8 Å². The summed E-state index contributed by atoms with van der Waals surface area (Å²) in [7, 11) is 0. The Morgan fingerprint density at radius 2 is 1.92 bits per heavy atom. The largest absolute Gasteiger partial charge is 0.468 e. The molecule has 3 rings (SSSR count). The van der Waals surface area contributed by atoms with Gasteiger partial charge in [0.15, 0.2) is 12.3 Å². The molecule has 1 N–H and O–H groups in total. The normalized spacial score (nSPS) is 11.2. The molecule has 2 heterocycles. The number of hydrogen-bond acceptors (Lipinski definition) is 5. The summed E-state index contributed by atoms with van der Waals surface area (Å²) in [6.45, 7) is -1.41. The number of halogens is 3. The van der Waals surface area contributed by atoms with Gasteiger partial charge in [-0.1, -0.05) is 6.07 Å². The zero-order valence-corrected chi connectivity index (χ0v) is 12.1. The van der Waals surface area contributed by atoms with E-state index in [0.717, 1.165) is 0 Å². The Morgan fingerprint density at radius 3 is 2.58 bits per heavy atom. The molecule has 0 unspecified atom stereocenters. The predicted octanol–water partition coefficient (Wildman–Crippen LogP) is 3.29. The lowest BCUT2D eigenvalue weighted by Crippen LogP contribution is -2.20. The number of nitrogens with zero attached hydrogens (tertiary/aromatic N) is 4. The summed E-state index contributed by atoms with van der Waals surface area (Å²) in [6.07, 6.45) is -4.44. The van der Waals surface area contributed by atoms with Crippen LogP contribution in [0.1, 0.15) is 5.56 Å². The molecule has 2 aromatic heterocycles. The third-order valence-corrected chi connectivity index (χ3v) is 2.98. The van der Waals surface area contributed by atoms with Crippen molar-refractivity contribution >= 4 is 17.3 Å². The van der Waals surface area contributed by atoms with Crippen LogP contribution in [0.4, 0.5) is 24.8 Å². The summed E-state index contributed by atoms with van der Waals surface area (Å²) in [5.74, 6) is 0.132. The molecule has 0 aliphatic heterocycles. The minimum Gasteiger partial charge on any atom is -0.468 e. The van der Waals surface area contributed by atoms with Gasteiger partial charge in [-0.05, 0) is 30.3 Å². The van der Waals surface area contributed by atoms with Crippen molar-refractivity contribution < 1.29 is 17.9 Å². The van der Waals surface area contributed by atoms with Gasteiger partial charge in [-0.3, -0.25) is 0 Å². The summed E-state index contributed by atoms with van der Waals surface area (Å²) in [5, 5.41) is 15.8. The lowest BCUT2D eigenvalue weighted by atomic mass is 10.2. The van der Waals surface area contributed by atoms with Gasteiger partial charge >= 0.3 is 6.18 Å². The van der Waals surface area contributed by atoms with E-state index in [0.29, 0.717) is 16.9 Å². The molecule has 0 saturated heterocycles. The Hall–Kier alpha value is -3.28. The number of rotatable bonds is 4. The quantitative estimate of drug-likeness (QED) is 0.793. The molecule has 0 fully saturated rings. The van der Waals surface area contributed by atoms with Crippen molar-refractivity contribution in [2.45, 2.75) is 6.18 Å². The fourth-order valence-electron chi connectivity index (χ4n) is 1.96. The Morgan fingerprint density at radius 1 is 1.17 bits per heavy atom. The van der Waals surface area contributed by atoms with Gasteiger partial charge in [0, 0.05) is 11.8 Å². The van der Waals surface area contributed by atoms with Crippen LogP contribution >= 0.6 is 0 Å². The second kappa shape index (κ2) is 6.08. The van der Waals surface area contributed by atoms with Gasteiger partial charge in [0.1, 0.15) is 0 Å². The molecule has 24 heavy (non-hydrogen) atoms. The molecule has 0 spiro atoms. The minimum atomic E-state index is -4.44. The maximum atomic E-state index is 12.3. The lowest BCUT2D eigenvalue weighted by molar-refractivity contribution is -0.154. The van der Waals surface area contributed by atoms with Gasteiger partial charge in [0.05, 0.1) is 11.6 Å². The van der Waals surface area contributed by atoms with Crippen LogP contribution in [0.25, 0.3) is 5.65 Å². The Labute approximate surface area is 134 Å². The highest BCUT2D eigenvalue weighted by molar-refractivity contribution is 5.57. The fraction of sp³-hybridized carbons (Fsp3) is 0.133. The highest BCUT2D eigenvalue weighted by Crippen LogP contribution is 2.21. The first kappa shape index (κ1) is 15.6. The van der Waals surface area contributed by atoms with E-state index in [1.807, 2.05) is 6.07 Å². The van der Waals surface area contributed by atoms with Crippen LogP contribution in [0.15, 0.2) is 42.5 Å². The van der Waals surface area contributed by atoms with E-state index >= 15 is 0 Å². The molecule has 0 atom stereocenters. The van der Waals surface area contributed by atoms with E-state index in [9.17, 15) is 13.2 Å². The number of hydrogen-bond donors (Lipinski definition) is 1. The maximum Gasteiger partial charge on any atom is 0.422 e. The monoisotopic (exact) mass is 333 g/mol. The molecule has 3 aromatic rings. The lowest BCUT2D eigenvalue weighted by Gasteiger charge is -2.09. The van der Waals surface area contributed by atoms with E-state index < -0.39 is 12.8 Å². The number of aromatic nitrogens is 3. The average molecular weight is 333 g/mol. The average Bonchev–Trinajstić information content (AvgIpc) is 2.95. The summed E-state index contributed by atoms with van der Waals surface area (Å²) in [4.78, 5) is 4.17. The van der Waals surface area contributed by atoms with Crippen molar-refractivity contribution in [3.63, 3.8) is 0 Å². The number of nitrogens with one attached hydrogen (secondary N) is 1. The number of benzene rings is 1. The van der Waals surface area contributed by atoms with Gasteiger partial charge < -0.3 is 10.1 Å². The summed E-state index contributed by atoms with van der Waals surface area (Å²) in [6, 6.07) is 13.1. The van der Waals surface area contributed by atoms with Crippen molar-refractivity contribution in [1.82, 2.24) is 14.6 Å². The first-order valence-electron chi connectivity index (χ1n) is 6.77. The third-order valence-electron chi connectivity index (χ3n) is 2.98. The third kappa shape index (κ3) is 3.55.